The van der Waals surface area contributed by atoms with Crippen LogP contribution in [0.4, 0.5) is 5.69 Å². The normalized spacial score (nSPS) is 17.9. The highest BCUT2D eigenvalue weighted by atomic mass is 32.2. The molecule has 1 aliphatic rings. The highest BCUT2D eigenvalue weighted by Crippen LogP contribution is 2.25. The molecule has 0 saturated heterocycles. The second kappa shape index (κ2) is 11.7. The third-order valence-corrected chi connectivity index (χ3v) is 6.67. The molecule has 1 fully saturated rings. The van der Waals surface area contributed by atoms with E-state index in [2.05, 4.69) is 17.6 Å². The zero-order valence-electron chi connectivity index (χ0n) is 18.6. The molecule has 0 unspecified atom stereocenters. The lowest BCUT2D eigenvalue weighted by molar-refractivity contribution is -0.125. The summed E-state index contributed by atoms with van der Waals surface area (Å²) in [4.78, 5) is 37.7. The minimum absolute atomic E-state index is 0.143. The van der Waals surface area contributed by atoms with Crippen molar-refractivity contribution >= 4 is 35.2 Å². The number of esters is 1. The SMILES string of the molecule is Cc1ccc(NC(=O)CSc2ccccc2C(=O)OCC(=O)N[C@H]2CCCC[C@@H]2C)cc1. The summed E-state index contributed by atoms with van der Waals surface area (Å²) in [6, 6.07) is 14.6. The van der Waals surface area contributed by atoms with Gasteiger partial charge in [-0.15, -0.1) is 11.8 Å². The summed E-state index contributed by atoms with van der Waals surface area (Å²) in [5.74, 6) is -0.425. The fraction of sp³-hybridized carbons (Fsp3) is 0.400. The van der Waals surface area contributed by atoms with Crippen LogP contribution in [-0.2, 0) is 14.3 Å². The van der Waals surface area contributed by atoms with Crippen LogP contribution in [0.5, 0.6) is 0 Å². The number of benzene rings is 2. The summed E-state index contributed by atoms with van der Waals surface area (Å²) in [6.07, 6.45) is 4.37. The molecule has 7 heteroatoms. The number of hydrogen-bond donors (Lipinski definition) is 2. The number of anilines is 1. The quantitative estimate of drug-likeness (QED) is 0.451. The monoisotopic (exact) mass is 454 g/mol. The van der Waals surface area contributed by atoms with Gasteiger partial charge in [0.05, 0.1) is 11.3 Å². The minimum Gasteiger partial charge on any atom is -0.452 e. The van der Waals surface area contributed by atoms with Gasteiger partial charge in [-0.05, 0) is 49.9 Å². The smallest absolute Gasteiger partial charge is 0.339 e. The van der Waals surface area contributed by atoms with Gasteiger partial charge in [-0.3, -0.25) is 9.59 Å². The van der Waals surface area contributed by atoms with E-state index in [1.165, 1.54) is 18.2 Å². The Labute approximate surface area is 193 Å². The van der Waals surface area contributed by atoms with Crippen molar-refractivity contribution in [1.29, 1.82) is 0 Å². The number of ether oxygens (including phenoxy) is 1. The van der Waals surface area contributed by atoms with Crippen molar-refractivity contribution in [3.05, 3.63) is 59.7 Å². The first-order chi connectivity index (χ1) is 15.4. The summed E-state index contributed by atoms with van der Waals surface area (Å²) in [5, 5.41) is 5.82. The maximum Gasteiger partial charge on any atom is 0.339 e. The van der Waals surface area contributed by atoms with E-state index in [0.29, 0.717) is 16.4 Å². The lowest BCUT2D eigenvalue weighted by Crippen LogP contribution is -2.42. The molecule has 32 heavy (non-hydrogen) atoms. The van der Waals surface area contributed by atoms with E-state index in [0.717, 1.165) is 30.5 Å². The van der Waals surface area contributed by atoms with E-state index in [9.17, 15) is 14.4 Å². The van der Waals surface area contributed by atoms with Crippen molar-refractivity contribution in [3.63, 3.8) is 0 Å². The van der Waals surface area contributed by atoms with Crippen molar-refractivity contribution in [2.45, 2.75) is 50.5 Å². The fourth-order valence-corrected chi connectivity index (χ4v) is 4.57. The van der Waals surface area contributed by atoms with Gasteiger partial charge in [-0.2, -0.15) is 0 Å². The summed E-state index contributed by atoms with van der Waals surface area (Å²) < 4.78 is 5.26. The van der Waals surface area contributed by atoms with Gasteiger partial charge in [0.15, 0.2) is 6.61 Å². The third kappa shape index (κ3) is 7.12. The molecule has 2 atom stereocenters. The Morgan fingerprint density at radius 1 is 1.00 bits per heavy atom. The Balaban J connectivity index is 1.50. The van der Waals surface area contributed by atoms with Crippen molar-refractivity contribution < 1.29 is 19.1 Å². The van der Waals surface area contributed by atoms with E-state index in [-0.39, 0.29) is 30.2 Å². The molecular weight excluding hydrogens is 424 g/mol. The van der Waals surface area contributed by atoms with Crippen LogP contribution in [0, 0.1) is 12.8 Å². The Bertz CT molecular complexity index is 945. The molecule has 1 saturated carbocycles. The maximum atomic E-state index is 12.6. The molecule has 2 amide bonds. The molecule has 2 aromatic rings. The summed E-state index contributed by atoms with van der Waals surface area (Å²) in [7, 11) is 0. The van der Waals surface area contributed by atoms with E-state index < -0.39 is 5.97 Å². The molecule has 0 spiro atoms. The molecule has 2 N–H and O–H groups in total. The van der Waals surface area contributed by atoms with Gasteiger partial charge in [0.25, 0.3) is 5.91 Å². The standard InChI is InChI=1S/C25H30N2O4S/c1-17-11-13-19(14-12-17)26-24(29)16-32-22-10-6-4-8-20(22)25(30)31-15-23(28)27-21-9-5-3-7-18(21)2/h4,6,8,10-14,18,21H,3,5,7,9,15-16H2,1-2H3,(H,26,29)(H,27,28)/t18-,21-/m0/s1. The Hall–Kier alpha value is -2.80. The predicted octanol–water partition coefficient (Wildman–Crippen LogP) is 4.58. The van der Waals surface area contributed by atoms with Crippen LogP contribution in [0.1, 0.15) is 48.5 Å². The van der Waals surface area contributed by atoms with E-state index in [1.807, 2.05) is 31.2 Å². The average molecular weight is 455 g/mol. The largest absolute Gasteiger partial charge is 0.452 e. The highest BCUT2D eigenvalue weighted by molar-refractivity contribution is 8.00. The molecule has 0 aromatic heterocycles. The fourth-order valence-electron chi connectivity index (χ4n) is 3.73. The first kappa shape index (κ1) is 23.9. The van der Waals surface area contributed by atoms with Crippen molar-refractivity contribution in [3.8, 4) is 0 Å². The highest BCUT2D eigenvalue weighted by Gasteiger charge is 2.23. The number of carbonyl (C=O) groups excluding carboxylic acids is 3. The van der Waals surface area contributed by atoms with E-state index in [4.69, 9.17) is 4.74 Å². The topological polar surface area (TPSA) is 84.5 Å². The molecule has 170 valence electrons. The lowest BCUT2D eigenvalue weighted by atomic mass is 9.86. The molecule has 6 nitrogen and oxygen atoms in total. The van der Waals surface area contributed by atoms with Crippen LogP contribution < -0.4 is 10.6 Å². The van der Waals surface area contributed by atoms with Gasteiger partial charge >= 0.3 is 5.97 Å². The van der Waals surface area contributed by atoms with Gasteiger partial charge in [0.1, 0.15) is 0 Å². The second-order valence-corrected chi connectivity index (χ2v) is 9.23. The number of thioether (sulfide) groups is 1. The Morgan fingerprint density at radius 2 is 1.72 bits per heavy atom. The predicted molar refractivity (Wildman–Crippen MR) is 127 cm³/mol. The number of carbonyl (C=O) groups is 3. The van der Waals surface area contributed by atoms with Crippen LogP contribution in [0.3, 0.4) is 0 Å². The van der Waals surface area contributed by atoms with Crippen molar-refractivity contribution in [2.24, 2.45) is 5.92 Å². The van der Waals surface area contributed by atoms with Crippen LogP contribution in [0.25, 0.3) is 0 Å². The number of nitrogens with one attached hydrogen (secondary N) is 2. The molecular formula is C25H30N2O4S. The summed E-state index contributed by atoms with van der Waals surface area (Å²) in [6.45, 7) is 3.81. The second-order valence-electron chi connectivity index (χ2n) is 8.21. The van der Waals surface area contributed by atoms with Crippen LogP contribution in [-0.4, -0.2) is 36.2 Å². The number of aryl methyl sites for hydroxylation is 1. The molecule has 0 bridgehead atoms. The Morgan fingerprint density at radius 3 is 2.47 bits per heavy atom. The molecule has 0 aliphatic heterocycles. The molecule has 0 radical (unpaired) electrons. The average Bonchev–Trinajstić information content (AvgIpc) is 2.79. The summed E-state index contributed by atoms with van der Waals surface area (Å²) in [5.41, 5.74) is 2.19. The van der Waals surface area contributed by atoms with Gasteiger partial charge < -0.3 is 15.4 Å². The zero-order chi connectivity index (χ0) is 22.9. The van der Waals surface area contributed by atoms with Crippen LogP contribution >= 0.6 is 11.8 Å². The molecule has 3 rings (SSSR count). The minimum atomic E-state index is -0.570. The molecule has 2 aromatic carbocycles. The van der Waals surface area contributed by atoms with Crippen molar-refractivity contribution in [1.82, 2.24) is 5.32 Å². The maximum absolute atomic E-state index is 12.6. The van der Waals surface area contributed by atoms with E-state index in [1.54, 1.807) is 24.3 Å². The van der Waals surface area contributed by atoms with Gasteiger partial charge in [0.2, 0.25) is 5.91 Å². The number of hydrogen-bond acceptors (Lipinski definition) is 5. The zero-order valence-corrected chi connectivity index (χ0v) is 19.4. The first-order valence-electron chi connectivity index (χ1n) is 11.0. The van der Waals surface area contributed by atoms with Crippen molar-refractivity contribution in [2.75, 3.05) is 17.7 Å². The third-order valence-electron chi connectivity index (χ3n) is 5.59. The Kier molecular flexibility index (Phi) is 8.73. The molecule has 0 heterocycles. The molecule has 1 aliphatic carbocycles. The van der Waals surface area contributed by atoms with Gasteiger partial charge in [-0.1, -0.05) is 49.6 Å². The van der Waals surface area contributed by atoms with Crippen LogP contribution in [0.15, 0.2) is 53.4 Å². The first-order valence-corrected chi connectivity index (χ1v) is 12.0. The van der Waals surface area contributed by atoms with Gasteiger partial charge in [0, 0.05) is 16.6 Å². The lowest BCUT2D eigenvalue weighted by Gasteiger charge is -2.29. The van der Waals surface area contributed by atoms with Crippen LogP contribution in [0.2, 0.25) is 0 Å². The summed E-state index contributed by atoms with van der Waals surface area (Å²) >= 11 is 1.26. The van der Waals surface area contributed by atoms with E-state index >= 15 is 0 Å². The number of amides is 2. The van der Waals surface area contributed by atoms with Gasteiger partial charge in [-0.25, -0.2) is 4.79 Å². The number of rotatable bonds is 8.